The Balaban J connectivity index is 1.88. The monoisotopic (exact) mass is 321 g/mol. The van der Waals surface area contributed by atoms with Crippen molar-refractivity contribution in [2.24, 2.45) is 0 Å². The summed E-state index contributed by atoms with van der Waals surface area (Å²) in [5.41, 5.74) is 2.16. The first kappa shape index (κ1) is 14.8. The van der Waals surface area contributed by atoms with Gasteiger partial charge in [-0.05, 0) is 44.0 Å². The van der Waals surface area contributed by atoms with Gasteiger partial charge in [-0.3, -0.25) is 0 Å². The van der Waals surface area contributed by atoms with Crippen molar-refractivity contribution < 1.29 is 8.42 Å². The molecule has 0 radical (unpaired) electrons. The molecule has 2 unspecified atom stereocenters. The van der Waals surface area contributed by atoms with E-state index in [0.717, 1.165) is 5.56 Å². The van der Waals surface area contributed by atoms with Crippen LogP contribution in [0.15, 0.2) is 35.2 Å². The topological polar surface area (TPSA) is 46.2 Å². The summed E-state index contributed by atoms with van der Waals surface area (Å²) in [6.07, 6.45) is 0. The average Bonchev–Trinajstić information content (AvgIpc) is 2.88. The molecule has 1 aliphatic rings. The van der Waals surface area contributed by atoms with Crippen LogP contribution in [0.2, 0.25) is 0 Å². The third-order valence-electron chi connectivity index (χ3n) is 4.01. The minimum absolute atomic E-state index is 0.124. The molecule has 0 spiro atoms. The molecule has 1 aliphatic heterocycles. The highest BCUT2D eigenvalue weighted by Gasteiger charge is 2.35. The number of thiophene rings is 1. The molecule has 0 saturated carbocycles. The SMILES string of the molecule is Cc1cc(C(C)NC2CS(=O)(=O)c3ccccc32)c(C)s1. The quantitative estimate of drug-likeness (QED) is 0.940. The third kappa shape index (κ3) is 2.65. The number of benzene rings is 1. The van der Waals surface area contributed by atoms with Gasteiger partial charge < -0.3 is 5.32 Å². The minimum atomic E-state index is -3.15. The number of sulfone groups is 1. The van der Waals surface area contributed by atoms with E-state index in [1.165, 1.54) is 15.3 Å². The summed E-state index contributed by atoms with van der Waals surface area (Å²) in [4.78, 5) is 3.06. The molecule has 3 nitrogen and oxygen atoms in total. The fraction of sp³-hybridized carbons (Fsp3) is 0.375. The van der Waals surface area contributed by atoms with E-state index in [4.69, 9.17) is 0 Å². The highest BCUT2D eigenvalue weighted by atomic mass is 32.2. The Labute approximate surface area is 129 Å². The van der Waals surface area contributed by atoms with Gasteiger partial charge in [-0.2, -0.15) is 0 Å². The maximum Gasteiger partial charge on any atom is 0.180 e. The average molecular weight is 321 g/mol. The standard InChI is InChI=1S/C16H19NO2S2/c1-10-8-14(12(3)20-10)11(2)17-15-9-21(18,19)16-7-5-4-6-13(15)16/h4-8,11,15,17H,9H2,1-3H3. The van der Waals surface area contributed by atoms with Gasteiger partial charge in [0.2, 0.25) is 0 Å². The summed E-state index contributed by atoms with van der Waals surface area (Å²) in [5, 5.41) is 3.49. The van der Waals surface area contributed by atoms with Gasteiger partial charge >= 0.3 is 0 Å². The Morgan fingerprint density at radius 3 is 2.67 bits per heavy atom. The molecule has 1 aromatic carbocycles. The van der Waals surface area contributed by atoms with E-state index in [2.05, 4.69) is 32.2 Å². The zero-order valence-corrected chi connectivity index (χ0v) is 14.0. The van der Waals surface area contributed by atoms with Crippen molar-refractivity contribution >= 4 is 21.2 Å². The summed E-state index contributed by atoms with van der Waals surface area (Å²) in [6, 6.07) is 9.51. The zero-order valence-electron chi connectivity index (χ0n) is 12.4. The lowest BCUT2D eigenvalue weighted by atomic mass is 10.0. The van der Waals surface area contributed by atoms with Gasteiger partial charge in [0.15, 0.2) is 9.84 Å². The van der Waals surface area contributed by atoms with Crippen molar-refractivity contribution in [2.75, 3.05) is 5.75 Å². The maximum atomic E-state index is 12.2. The molecule has 0 saturated heterocycles. The first-order chi connectivity index (χ1) is 9.88. The van der Waals surface area contributed by atoms with Gasteiger partial charge in [-0.25, -0.2) is 8.42 Å². The highest BCUT2D eigenvalue weighted by molar-refractivity contribution is 7.91. The molecule has 1 aromatic heterocycles. The largest absolute Gasteiger partial charge is 0.302 e. The van der Waals surface area contributed by atoms with Crippen molar-refractivity contribution in [3.63, 3.8) is 0 Å². The first-order valence-electron chi connectivity index (χ1n) is 7.03. The van der Waals surface area contributed by atoms with Crippen LogP contribution in [0.5, 0.6) is 0 Å². The number of rotatable bonds is 3. The van der Waals surface area contributed by atoms with E-state index in [9.17, 15) is 8.42 Å². The van der Waals surface area contributed by atoms with E-state index in [1.807, 2.05) is 12.1 Å². The third-order valence-corrected chi connectivity index (χ3v) is 6.81. The minimum Gasteiger partial charge on any atom is -0.302 e. The normalized spacial score (nSPS) is 21.2. The molecule has 112 valence electrons. The number of hydrogen-bond donors (Lipinski definition) is 1. The number of nitrogens with one attached hydrogen (secondary N) is 1. The molecule has 1 N–H and O–H groups in total. The van der Waals surface area contributed by atoms with Crippen LogP contribution in [0.4, 0.5) is 0 Å². The van der Waals surface area contributed by atoms with Crippen LogP contribution in [0, 0.1) is 13.8 Å². The van der Waals surface area contributed by atoms with Crippen LogP contribution in [-0.2, 0) is 9.84 Å². The molecule has 5 heteroatoms. The molecular formula is C16H19NO2S2. The van der Waals surface area contributed by atoms with Crippen molar-refractivity contribution in [1.29, 1.82) is 0 Å². The fourth-order valence-corrected chi connectivity index (χ4v) is 5.83. The predicted octanol–water partition coefficient (Wildman–Crippen LogP) is 3.54. The predicted molar refractivity (Wildman–Crippen MR) is 86.6 cm³/mol. The Morgan fingerprint density at radius 1 is 1.29 bits per heavy atom. The van der Waals surface area contributed by atoms with Crippen LogP contribution in [0.25, 0.3) is 0 Å². The van der Waals surface area contributed by atoms with E-state index in [-0.39, 0.29) is 17.8 Å². The second-order valence-electron chi connectivity index (χ2n) is 5.63. The molecule has 0 amide bonds. The van der Waals surface area contributed by atoms with Gasteiger partial charge in [-0.1, -0.05) is 18.2 Å². The summed E-state index contributed by atoms with van der Waals surface area (Å²) in [7, 11) is -3.15. The Hall–Kier alpha value is -1.17. The van der Waals surface area contributed by atoms with E-state index < -0.39 is 9.84 Å². The summed E-state index contributed by atoms with van der Waals surface area (Å²) >= 11 is 1.78. The lowest BCUT2D eigenvalue weighted by Crippen LogP contribution is -2.26. The summed E-state index contributed by atoms with van der Waals surface area (Å²) in [5.74, 6) is 0.152. The van der Waals surface area contributed by atoms with Crippen LogP contribution in [0.1, 0.15) is 39.9 Å². The molecular weight excluding hydrogens is 302 g/mol. The maximum absolute atomic E-state index is 12.2. The van der Waals surface area contributed by atoms with E-state index >= 15 is 0 Å². The van der Waals surface area contributed by atoms with Gasteiger partial charge in [0.05, 0.1) is 10.6 Å². The Kier molecular flexibility index (Phi) is 3.67. The number of hydrogen-bond acceptors (Lipinski definition) is 4. The van der Waals surface area contributed by atoms with Gasteiger partial charge in [-0.15, -0.1) is 11.3 Å². The molecule has 2 atom stereocenters. The van der Waals surface area contributed by atoms with E-state index in [1.54, 1.807) is 23.5 Å². The summed E-state index contributed by atoms with van der Waals surface area (Å²) < 4.78 is 24.4. The highest BCUT2D eigenvalue weighted by Crippen LogP contribution is 2.35. The molecule has 2 aromatic rings. The lowest BCUT2D eigenvalue weighted by Gasteiger charge is -2.19. The van der Waals surface area contributed by atoms with Crippen molar-refractivity contribution in [3.05, 3.63) is 51.2 Å². The van der Waals surface area contributed by atoms with Crippen molar-refractivity contribution in [3.8, 4) is 0 Å². The molecule has 0 bridgehead atoms. The smallest absolute Gasteiger partial charge is 0.180 e. The molecule has 3 rings (SSSR count). The number of fused-ring (bicyclic) bond motifs is 1. The molecule has 0 aliphatic carbocycles. The zero-order chi connectivity index (χ0) is 15.2. The summed E-state index contributed by atoms with van der Waals surface area (Å²) in [6.45, 7) is 6.32. The van der Waals surface area contributed by atoms with Gasteiger partial charge in [0.25, 0.3) is 0 Å². The molecule has 21 heavy (non-hydrogen) atoms. The first-order valence-corrected chi connectivity index (χ1v) is 9.50. The van der Waals surface area contributed by atoms with Gasteiger partial charge in [0.1, 0.15) is 0 Å². The second-order valence-corrected chi connectivity index (χ2v) is 9.09. The van der Waals surface area contributed by atoms with Crippen LogP contribution < -0.4 is 5.32 Å². The van der Waals surface area contributed by atoms with Crippen LogP contribution in [-0.4, -0.2) is 14.2 Å². The fourth-order valence-electron chi connectivity index (χ4n) is 3.06. The lowest BCUT2D eigenvalue weighted by molar-refractivity contribution is 0.496. The van der Waals surface area contributed by atoms with Crippen LogP contribution >= 0.6 is 11.3 Å². The molecule has 0 fully saturated rings. The number of aryl methyl sites for hydroxylation is 2. The molecule has 2 heterocycles. The Morgan fingerprint density at radius 2 is 2.00 bits per heavy atom. The van der Waals surface area contributed by atoms with Crippen molar-refractivity contribution in [1.82, 2.24) is 5.32 Å². The van der Waals surface area contributed by atoms with Crippen LogP contribution in [0.3, 0.4) is 0 Å². The van der Waals surface area contributed by atoms with Gasteiger partial charge in [0, 0.05) is 21.8 Å². The Bertz CT molecular complexity index is 777. The second kappa shape index (κ2) is 5.23. The van der Waals surface area contributed by atoms with E-state index in [0.29, 0.717) is 4.90 Å². The van der Waals surface area contributed by atoms with Crippen molar-refractivity contribution in [2.45, 2.75) is 37.8 Å².